The number of rotatable bonds is 4. The van der Waals surface area contributed by atoms with Crippen LogP contribution < -0.4 is 10.5 Å². The Morgan fingerprint density at radius 2 is 2.00 bits per heavy atom. The van der Waals surface area contributed by atoms with Gasteiger partial charge in [-0.15, -0.1) is 0 Å². The smallest absolute Gasteiger partial charge is 0.125 e. The average molecular weight is 355 g/mol. The third-order valence-electron chi connectivity index (χ3n) is 3.06. The van der Waals surface area contributed by atoms with E-state index < -0.39 is 0 Å². The van der Waals surface area contributed by atoms with E-state index in [1.807, 2.05) is 50.2 Å². The van der Waals surface area contributed by atoms with Gasteiger partial charge in [-0.1, -0.05) is 45.7 Å². The van der Waals surface area contributed by atoms with E-state index in [0.717, 1.165) is 31.9 Å². The van der Waals surface area contributed by atoms with Gasteiger partial charge < -0.3 is 10.5 Å². The van der Waals surface area contributed by atoms with Crippen molar-refractivity contribution in [1.29, 1.82) is 0 Å². The number of ether oxygens (including phenoxy) is 1. The molecule has 0 aliphatic carbocycles. The van der Waals surface area contributed by atoms with Crippen LogP contribution in [0.25, 0.3) is 0 Å². The van der Waals surface area contributed by atoms with Crippen LogP contribution in [0.1, 0.15) is 29.7 Å². The van der Waals surface area contributed by atoms with Gasteiger partial charge in [0.15, 0.2) is 0 Å². The summed E-state index contributed by atoms with van der Waals surface area (Å²) in [5, 5.41) is 0.724. The number of hydrogen-bond acceptors (Lipinski definition) is 2. The summed E-state index contributed by atoms with van der Waals surface area (Å²) in [5.41, 5.74) is 9.05. The number of halogens is 2. The van der Waals surface area contributed by atoms with Gasteiger partial charge in [-0.3, -0.25) is 0 Å². The highest BCUT2D eigenvalue weighted by Gasteiger charge is 2.10. The second kappa shape index (κ2) is 6.61. The van der Waals surface area contributed by atoms with Gasteiger partial charge in [0.25, 0.3) is 0 Å². The molecule has 0 aliphatic heterocycles. The summed E-state index contributed by atoms with van der Waals surface area (Å²) in [5.74, 6) is 0.783. The minimum atomic E-state index is -0.0772. The highest BCUT2D eigenvalue weighted by Crippen LogP contribution is 2.29. The van der Waals surface area contributed by atoms with Crippen molar-refractivity contribution in [3.05, 3.63) is 62.6 Å². The molecule has 0 spiro atoms. The molecule has 0 radical (unpaired) electrons. The molecule has 20 heavy (non-hydrogen) atoms. The number of nitrogens with two attached hydrogens (primary N) is 1. The van der Waals surface area contributed by atoms with Gasteiger partial charge in [-0.25, -0.2) is 0 Å². The molecule has 0 unspecified atom stereocenters. The molecule has 2 aromatic rings. The van der Waals surface area contributed by atoms with Crippen LogP contribution in [0, 0.1) is 6.92 Å². The standard InChI is InChI=1S/C16H17BrClNO/c1-10-3-4-12(15(18)7-10)9-20-16-8-13(17)5-6-14(16)11(2)19/h3-8,11H,9,19H2,1-2H3/t11-/m0/s1. The molecule has 2 nitrogen and oxygen atoms in total. The van der Waals surface area contributed by atoms with Gasteiger partial charge in [0.2, 0.25) is 0 Å². The van der Waals surface area contributed by atoms with Crippen molar-refractivity contribution in [1.82, 2.24) is 0 Å². The molecule has 0 aliphatic rings. The van der Waals surface area contributed by atoms with Crippen molar-refractivity contribution in [2.45, 2.75) is 26.5 Å². The summed E-state index contributed by atoms with van der Waals surface area (Å²) in [7, 11) is 0. The Morgan fingerprint density at radius 1 is 1.25 bits per heavy atom. The summed E-state index contributed by atoms with van der Waals surface area (Å²) in [6.07, 6.45) is 0. The quantitative estimate of drug-likeness (QED) is 0.837. The largest absolute Gasteiger partial charge is 0.488 e. The lowest BCUT2D eigenvalue weighted by atomic mass is 10.1. The maximum Gasteiger partial charge on any atom is 0.125 e. The molecule has 0 saturated carbocycles. The Kier molecular flexibility index (Phi) is 5.08. The minimum Gasteiger partial charge on any atom is -0.488 e. The summed E-state index contributed by atoms with van der Waals surface area (Å²) < 4.78 is 6.86. The minimum absolute atomic E-state index is 0.0772. The van der Waals surface area contributed by atoms with Gasteiger partial charge in [0.05, 0.1) is 0 Å². The zero-order chi connectivity index (χ0) is 14.7. The Hall–Kier alpha value is -1.03. The van der Waals surface area contributed by atoms with Crippen LogP contribution in [0.4, 0.5) is 0 Å². The van der Waals surface area contributed by atoms with Crippen LogP contribution in [-0.4, -0.2) is 0 Å². The predicted molar refractivity (Wildman–Crippen MR) is 87.3 cm³/mol. The molecule has 1 atom stereocenters. The molecule has 2 N–H and O–H groups in total. The Labute approximate surface area is 133 Å². The van der Waals surface area contributed by atoms with E-state index in [1.54, 1.807) is 0 Å². The molecule has 0 bridgehead atoms. The first kappa shape index (κ1) is 15.4. The summed E-state index contributed by atoms with van der Waals surface area (Å²) in [6.45, 7) is 4.38. The first-order valence-corrected chi connectivity index (χ1v) is 7.57. The number of aryl methyl sites for hydroxylation is 1. The van der Waals surface area contributed by atoms with Crippen molar-refractivity contribution < 1.29 is 4.74 Å². The topological polar surface area (TPSA) is 35.2 Å². The van der Waals surface area contributed by atoms with Crippen molar-refractivity contribution in [3.8, 4) is 5.75 Å². The lowest BCUT2D eigenvalue weighted by molar-refractivity contribution is 0.301. The molecule has 0 fully saturated rings. The second-order valence-corrected chi connectivity index (χ2v) is 6.18. The van der Waals surface area contributed by atoms with E-state index in [9.17, 15) is 0 Å². The Balaban J connectivity index is 2.20. The van der Waals surface area contributed by atoms with Crippen molar-refractivity contribution in [2.75, 3.05) is 0 Å². The molecule has 0 heterocycles. The van der Waals surface area contributed by atoms with Crippen LogP contribution in [0.3, 0.4) is 0 Å². The van der Waals surface area contributed by atoms with Crippen LogP contribution in [0.2, 0.25) is 5.02 Å². The fourth-order valence-corrected chi connectivity index (χ4v) is 2.56. The molecule has 2 rings (SSSR count). The zero-order valence-corrected chi connectivity index (χ0v) is 13.8. The van der Waals surface area contributed by atoms with E-state index in [1.165, 1.54) is 0 Å². The molecule has 4 heteroatoms. The summed E-state index contributed by atoms with van der Waals surface area (Å²) in [4.78, 5) is 0. The molecule has 0 saturated heterocycles. The molecule has 0 aromatic heterocycles. The third-order valence-corrected chi connectivity index (χ3v) is 3.90. The number of benzene rings is 2. The van der Waals surface area contributed by atoms with Crippen LogP contribution >= 0.6 is 27.5 Å². The molecule has 0 amide bonds. The van der Waals surface area contributed by atoms with E-state index >= 15 is 0 Å². The second-order valence-electron chi connectivity index (χ2n) is 4.85. The molecule has 106 valence electrons. The molecular weight excluding hydrogens is 338 g/mol. The Bertz CT molecular complexity index is 613. The van der Waals surface area contributed by atoms with Crippen molar-refractivity contribution in [3.63, 3.8) is 0 Å². The first-order chi connectivity index (χ1) is 9.47. The van der Waals surface area contributed by atoms with Gasteiger partial charge in [-0.2, -0.15) is 0 Å². The summed E-state index contributed by atoms with van der Waals surface area (Å²) >= 11 is 9.66. The van der Waals surface area contributed by atoms with Crippen molar-refractivity contribution >= 4 is 27.5 Å². The zero-order valence-electron chi connectivity index (χ0n) is 11.5. The Morgan fingerprint density at radius 3 is 2.65 bits per heavy atom. The first-order valence-electron chi connectivity index (χ1n) is 6.40. The molecular formula is C16H17BrClNO. The third kappa shape index (κ3) is 3.75. The SMILES string of the molecule is Cc1ccc(COc2cc(Br)ccc2[C@H](C)N)c(Cl)c1. The average Bonchev–Trinajstić information content (AvgIpc) is 2.37. The maximum atomic E-state index is 6.22. The van der Waals surface area contributed by atoms with Gasteiger partial charge in [0, 0.05) is 26.7 Å². The lowest BCUT2D eigenvalue weighted by Crippen LogP contribution is -2.08. The normalized spacial score (nSPS) is 12.2. The van der Waals surface area contributed by atoms with E-state index in [4.69, 9.17) is 22.1 Å². The van der Waals surface area contributed by atoms with Crippen LogP contribution in [0.5, 0.6) is 5.75 Å². The monoisotopic (exact) mass is 353 g/mol. The van der Waals surface area contributed by atoms with Crippen LogP contribution in [-0.2, 0) is 6.61 Å². The fourth-order valence-electron chi connectivity index (χ4n) is 1.93. The van der Waals surface area contributed by atoms with E-state index in [-0.39, 0.29) is 6.04 Å². The van der Waals surface area contributed by atoms with Crippen molar-refractivity contribution in [2.24, 2.45) is 5.73 Å². The highest BCUT2D eigenvalue weighted by atomic mass is 79.9. The lowest BCUT2D eigenvalue weighted by Gasteiger charge is -2.15. The fraction of sp³-hybridized carbons (Fsp3) is 0.250. The molecule has 2 aromatic carbocycles. The van der Waals surface area contributed by atoms with Gasteiger partial charge in [0.1, 0.15) is 12.4 Å². The van der Waals surface area contributed by atoms with E-state index in [2.05, 4.69) is 15.9 Å². The summed E-state index contributed by atoms with van der Waals surface area (Å²) in [6, 6.07) is 11.7. The van der Waals surface area contributed by atoms with Gasteiger partial charge >= 0.3 is 0 Å². The maximum absolute atomic E-state index is 6.22. The number of hydrogen-bond donors (Lipinski definition) is 1. The van der Waals surface area contributed by atoms with Gasteiger partial charge in [-0.05, 0) is 37.6 Å². The van der Waals surface area contributed by atoms with E-state index in [0.29, 0.717) is 6.61 Å². The highest BCUT2D eigenvalue weighted by molar-refractivity contribution is 9.10. The predicted octanol–water partition coefficient (Wildman–Crippen LogP) is 5.01. The van der Waals surface area contributed by atoms with Crippen LogP contribution in [0.15, 0.2) is 40.9 Å².